The van der Waals surface area contributed by atoms with Gasteiger partial charge in [0.1, 0.15) is 11.4 Å². The second kappa shape index (κ2) is 11.4. The highest BCUT2D eigenvalue weighted by molar-refractivity contribution is 9.10. The van der Waals surface area contributed by atoms with E-state index in [0.717, 1.165) is 48.1 Å². The standard InChI is InChI=1S/C25H30BrN5O4S/c1-17-14-18(26)15-20(23(17)35-2)24(32)27-25(36)30-12-10-28(11-13-30)19-6-7-21(31(33)34)22(16-19)29-8-4-3-5-9-29/h6-7,14-16H,3-5,8-13H2,1-2H3,(H,27,32,36). The Bertz CT molecular complexity index is 1160. The van der Waals surface area contributed by atoms with Crippen LogP contribution in [0.4, 0.5) is 17.1 Å². The predicted octanol–water partition coefficient (Wildman–Crippen LogP) is 4.50. The zero-order valence-corrected chi connectivity index (χ0v) is 22.9. The number of benzene rings is 2. The minimum Gasteiger partial charge on any atom is -0.496 e. The van der Waals surface area contributed by atoms with E-state index in [-0.39, 0.29) is 16.5 Å². The molecule has 192 valence electrons. The first kappa shape index (κ1) is 26.2. The van der Waals surface area contributed by atoms with Crippen molar-refractivity contribution in [1.29, 1.82) is 0 Å². The molecule has 2 heterocycles. The van der Waals surface area contributed by atoms with Crippen LogP contribution in [0.25, 0.3) is 0 Å². The number of nitro groups is 1. The van der Waals surface area contributed by atoms with Gasteiger partial charge in [0.2, 0.25) is 0 Å². The Morgan fingerprint density at radius 1 is 1.06 bits per heavy atom. The summed E-state index contributed by atoms with van der Waals surface area (Å²) in [6.45, 7) is 6.20. The third-order valence-corrected chi connectivity index (χ3v) is 7.51. The third kappa shape index (κ3) is 5.73. The van der Waals surface area contributed by atoms with Gasteiger partial charge in [-0.25, -0.2) is 0 Å². The molecule has 0 atom stereocenters. The van der Waals surface area contributed by atoms with Crippen molar-refractivity contribution < 1.29 is 14.5 Å². The maximum atomic E-state index is 12.9. The Labute approximate surface area is 224 Å². The van der Waals surface area contributed by atoms with Crippen molar-refractivity contribution in [3.8, 4) is 5.75 Å². The molecule has 9 nitrogen and oxygen atoms in total. The summed E-state index contributed by atoms with van der Waals surface area (Å²) < 4.78 is 6.22. The Balaban J connectivity index is 1.41. The molecular formula is C25H30BrN5O4S. The molecule has 0 aliphatic carbocycles. The largest absolute Gasteiger partial charge is 0.496 e. The number of ether oxygens (including phenoxy) is 1. The van der Waals surface area contributed by atoms with Crippen LogP contribution in [-0.2, 0) is 0 Å². The number of methoxy groups -OCH3 is 1. The number of anilines is 2. The quantitative estimate of drug-likeness (QED) is 0.316. The first-order valence-corrected chi connectivity index (χ1v) is 13.2. The van der Waals surface area contributed by atoms with E-state index in [4.69, 9.17) is 17.0 Å². The van der Waals surface area contributed by atoms with Crippen LogP contribution in [-0.4, -0.2) is 67.2 Å². The van der Waals surface area contributed by atoms with Gasteiger partial charge in [-0.1, -0.05) is 15.9 Å². The molecule has 2 aliphatic rings. The van der Waals surface area contributed by atoms with Crippen molar-refractivity contribution in [3.63, 3.8) is 0 Å². The average molecular weight is 577 g/mol. The Kier molecular flexibility index (Phi) is 8.30. The number of hydrogen-bond acceptors (Lipinski definition) is 7. The highest BCUT2D eigenvalue weighted by Gasteiger charge is 2.26. The molecule has 11 heteroatoms. The van der Waals surface area contributed by atoms with Crippen molar-refractivity contribution in [2.45, 2.75) is 26.2 Å². The fourth-order valence-electron chi connectivity index (χ4n) is 4.83. The van der Waals surface area contributed by atoms with Gasteiger partial charge in [0.05, 0.1) is 17.6 Å². The molecule has 2 aromatic carbocycles. The molecule has 0 radical (unpaired) electrons. The van der Waals surface area contributed by atoms with Crippen LogP contribution in [0.3, 0.4) is 0 Å². The first-order chi connectivity index (χ1) is 17.3. The van der Waals surface area contributed by atoms with Crippen molar-refractivity contribution in [2.75, 3.05) is 56.2 Å². The number of nitro benzene ring substituents is 1. The smallest absolute Gasteiger partial charge is 0.292 e. The number of amides is 1. The number of piperazine rings is 1. The minimum absolute atomic E-state index is 0.154. The van der Waals surface area contributed by atoms with Crippen LogP contribution >= 0.6 is 28.1 Å². The molecule has 1 N–H and O–H groups in total. The van der Waals surface area contributed by atoms with E-state index in [9.17, 15) is 14.9 Å². The fraction of sp³-hybridized carbons (Fsp3) is 0.440. The fourth-order valence-corrected chi connectivity index (χ4v) is 5.68. The average Bonchev–Trinajstić information content (AvgIpc) is 2.88. The normalized spacial score (nSPS) is 16.0. The lowest BCUT2D eigenvalue weighted by atomic mass is 10.1. The number of hydrogen-bond donors (Lipinski definition) is 1. The lowest BCUT2D eigenvalue weighted by Gasteiger charge is -2.37. The van der Waals surface area contributed by atoms with E-state index >= 15 is 0 Å². The van der Waals surface area contributed by atoms with Crippen LogP contribution in [0, 0.1) is 17.0 Å². The lowest BCUT2D eigenvalue weighted by Crippen LogP contribution is -2.52. The van der Waals surface area contributed by atoms with E-state index in [2.05, 4.69) is 31.0 Å². The van der Waals surface area contributed by atoms with Crippen LogP contribution < -0.4 is 19.9 Å². The van der Waals surface area contributed by atoms with Crippen LogP contribution in [0.1, 0.15) is 35.2 Å². The van der Waals surface area contributed by atoms with Crippen molar-refractivity contribution in [1.82, 2.24) is 10.2 Å². The molecule has 0 unspecified atom stereocenters. The molecule has 2 aromatic rings. The summed E-state index contributed by atoms with van der Waals surface area (Å²) in [7, 11) is 1.54. The number of carbonyl (C=O) groups excluding carboxylic acids is 1. The van der Waals surface area contributed by atoms with Gasteiger partial charge in [0.15, 0.2) is 5.11 Å². The molecule has 2 aliphatic heterocycles. The number of halogens is 1. The second-order valence-electron chi connectivity index (χ2n) is 9.01. The summed E-state index contributed by atoms with van der Waals surface area (Å²) in [5, 5.41) is 14.8. The van der Waals surface area contributed by atoms with Gasteiger partial charge in [-0.3, -0.25) is 20.2 Å². The molecule has 0 saturated carbocycles. The summed E-state index contributed by atoms with van der Waals surface area (Å²) in [5.74, 6) is 0.205. The molecule has 0 bridgehead atoms. The molecule has 2 saturated heterocycles. The Hall–Kier alpha value is -2.92. The number of piperidine rings is 1. The van der Waals surface area contributed by atoms with E-state index in [1.54, 1.807) is 19.2 Å². The summed E-state index contributed by atoms with van der Waals surface area (Å²) in [5.41, 5.74) is 3.08. The molecule has 0 spiro atoms. The molecule has 0 aromatic heterocycles. The Morgan fingerprint density at radius 3 is 2.39 bits per heavy atom. The van der Waals surface area contributed by atoms with Gasteiger partial charge in [-0.2, -0.15) is 0 Å². The number of nitrogens with one attached hydrogen (secondary N) is 1. The van der Waals surface area contributed by atoms with Gasteiger partial charge < -0.3 is 19.4 Å². The number of rotatable bonds is 5. The SMILES string of the molecule is COc1c(C)cc(Br)cc1C(=O)NC(=S)N1CCN(c2ccc([N+](=O)[O-])c(N3CCCCC3)c2)CC1. The van der Waals surface area contributed by atoms with Crippen molar-refractivity contribution >= 4 is 56.2 Å². The maximum absolute atomic E-state index is 12.9. The molecular weight excluding hydrogens is 546 g/mol. The number of thiocarbonyl (C=S) groups is 1. The number of aryl methyl sites for hydroxylation is 1. The number of carbonyl (C=O) groups is 1. The summed E-state index contributed by atoms with van der Waals surface area (Å²) in [6, 6.07) is 8.99. The van der Waals surface area contributed by atoms with E-state index in [1.807, 2.05) is 30.0 Å². The zero-order chi connectivity index (χ0) is 25.8. The Morgan fingerprint density at radius 2 is 1.75 bits per heavy atom. The van der Waals surface area contributed by atoms with Crippen molar-refractivity contribution in [2.24, 2.45) is 0 Å². The topological polar surface area (TPSA) is 91.2 Å². The summed E-state index contributed by atoms with van der Waals surface area (Å²) in [6.07, 6.45) is 3.26. The first-order valence-electron chi connectivity index (χ1n) is 12.0. The summed E-state index contributed by atoms with van der Waals surface area (Å²) >= 11 is 8.98. The maximum Gasteiger partial charge on any atom is 0.292 e. The van der Waals surface area contributed by atoms with Gasteiger partial charge in [-0.15, -0.1) is 0 Å². The predicted molar refractivity (Wildman–Crippen MR) is 148 cm³/mol. The van der Waals surface area contributed by atoms with Crippen LogP contribution in [0.5, 0.6) is 5.75 Å². The van der Waals surface area contributed by atoms with Gasteiger partial charge in [0, 0.05) is 55.5 Å². The highest BCUT2D eigenvalue weighted by Crippen LogP contribution is 2.34. The molecule has 2 fully saturated rings. The van der Waals surface area contributed by atoms with Gasteiger partial charge >= 0.3 is 0 Å². The minimum atomic E-state index is -0.315. The third-order valence-electron chi connectivity index (χ3n) is 6.69. The van der Waals surface area contributed by atoms with Gasteiger partial charge in [0.25, 0.3) is 11.6 Å². The lowest BCUT2D eigenvalue weighted by molar-refractivity contribution is -0.384. The second-order valence-corrected chi connectivity index (χ2v) is 10.3. The van der Waals surface area contributed by atoms with Crippen LogP contribution in [0.15, 0.2) is 34.8 Å². The van der Waals surface area contributed by atoms with Crippen molar-refractivity contribution in [3.05, 3.63) is 56.0 Å². The molecule has 36 heavy (non-hydrogen) atoms. The zero-order valence-electron chi connectivity index (χ0n) is 20.5. The van der Waals surface area contributed by atoms with E-state index in [1.165, 1.54) is 0 Å². The molecule has 4 rings (SSSR count). The van der Waals surface area contributed by atoms with E-state index in [0.29, 0.717) is 48.3 Å². The highest BCUT2D eigenvalue weighted by atomic mass is 79.9. The molecule has 1 amide bonds. The van der Waals surface area contributed by atoms with Crippen LogP contribution in [0.2, 0.25) is 0 Å². The van der Waals surface area contributed by atoms with E-state index < -0.39 is 0 Å². The van der Waals surface area contributed by atoms with Gasteiger partial charge in [-0.05, 0) is 68.2 Å². The monoisotopic (exact) mass is 575 g/mol. The summed E-state index contributed by atoms with van der Waals surface area (Å²) in [4.78, 5) is 30.6. The number of nitrogens with zero attached hydrogens (tertiary/aromatic N) is 4.